The minimum absolute atomic E-state index is 0.00927. The van der Waals surface area contributed by atoms with Crippen LogP contribution >= 0.6 is 11.8 Å². The van der Waals surface area contributed by atoms with Crippen LogP contribution in [0.15, 0.2) is 47.1 Å². The zero-order valence-corrected chi connectivity index (χ0v) is 14.6. The summed E-state index contributed by atoms with van der Waals surface area (Å²) >= 11 is 1.75. The van der Waals surface area contributed by atoms with Gasteiger partial charge >= 0.3 is 0 Å². The van der Waals surface area contributed by atoms with Gasteiger partial charge in [0.05, 0.1) is 19.1 Å². The molecule has 128 valence electrons. The van der Waals surface area contributed by atoms with E-state index in [1.165, 1.54) is 0 Å². The lowest BCUT2D eigenvalue weighted by molar-refractivity contribution is -0.121. The van der Waals surface area contributed by atoms with Crippen LogP contribution in [0.5, 0.6) is 5.75 Å². The molecule has 1 saturated heterocycles. The number of para-hydroxylation sites is 1. The third kappa shape index (κ3) is 4.55. The molecule has 1 aliphatic rings. The van der Waals surface area contributed by atoms with Crippen molar-refractivity contribution in [2.45, 2.75) is 18.3 Å². The van der Waals surface area contributed by atoms with Crippen molar-refractivity contribution in [2.75, 3.05) is 26.0 Å². The summed E-state index contributed by atoms with van der Waals surface area (Å²) in [4.78, 5) is 14.3. The van der Waals surface area contributed by atoms with Gasteiger partial charge in [0.25, 0.3) is 0 Å². The van der Waals surface area contributed by atoms with E-state index in [-0.39, 0.29) is 11.9 Å². The second-order valence-electron chi connectivity index (χ2n) is 5.68. The predicted octanol–water partition coefficient (Wildman–Crippen LogP) is 2.52. The second kappa shape index (κ2) is 8.26. The first kappa shape index (κ1) is 16.9. The summed E-state index contributed by atoms with van der Waals surface area (Å²) in [5, 5.41) is 3.01. The molecule has 5 nitrogen and oxygen atoms in total. The van der Waals surface area contributed by atoms with Crippen LogP contribution in [0.4, 0.5) is 0 Å². The zero-order chi connectivity index (χ0) is 16.8. The van der Waals surface area contributed by atoms with Crippen molar-refractivity contribution in [1.82, 2.24) is 10.2 Å². The number of benzene rings is 1. The Balaban J connectivity index is 1.34. The summed E-state index contributed by atoms with van der Waals surface area (Å²) in [5.74, 6) is 3.68. The molecule has 2 unspecified atom stereocenters. The number of hydrogen-bond acceptors (Lipinski definition) is 5. The molecule has 0 radical (unpaired) electrons. The number of furan rings is 1. The van der Waals surface area contributed by atoms with Crippen molar-refractivity contribution in [2.24, 2.45) is 0 Å². The lowest BCUT2D eigenvalue weighted by Gasteiger charge is -2.09. The molecule has 24 heavy (non-hydrogen) atoms. The molecule has 1 aliphatic heterocycles. The van der Waals surface area contributed by atoms with Gasteiger partial charge in [-0.3, -0.25) is 9.69 Å². The van der Waals surface area contributed by atoms with Crippen LogP contribution in [0.25, 0.3) is 0 Å². The van der Waals surface area contributed by atoms with Crippen LogP contribution in [0.3, 0.4) is 0 Å². The van der Waals surface area contributed by atoms with Crippen molar-refractivity contribution in [3.05, 3.63) is 54.0 Å². The number of nitrogens with one attached hydrogen (secondary N) is 1. The SMILES string of the molecule is COc1ccccc1CN1CC1C(=O)NCCSCc1ccco1. The number of hydrogen-bond donors (Lipinski definition) is 1. The first-order valence-electron chi connectivity index (χ1n) is 8.01. The van der Waals surface area contributed by atoms with Gasteiger partial charge in [-0.05, 0) is 18.2 Å². The number of methoxy groups -OCH3 is 1. The zero-order valence-electron chi connectivity index (χ0n) is 13.7. The van der Waals surface area contributed by atoms with Crippen LogP contribution in [0.2, 0.25) is 0 Å². The molecule has 1 aromatic heterocycles. The highest BCUT2D eigenvalue weighted by molar-refractivity contribution is 7.98. The molecule has 0 saturated carbocycles. The fourth-order valence-electron chi connectivity index (χ4n) is 2.58. The molecule has 2 aromatic rings. The summed E-state index contributed by atoms with van der Waals surface area (Å²) in [5.41, 5.74) is 1.12. The normalized spacial score (nSPS) is 19.0. The summed E-state index contributed by atoms with van der Waals surface area (Å²) in [6.45, 7) is 2.24. The lowest BCUT2D eigenvalue weighted by atomic mass is 10.2. The van der Waals surface area contributed by atoms with E-state index in [0.717, 1.165) is 41.7 Å². The topological polar surface area (TPSA) is 54.5 Å². The van der Waals surface area contributed by atoms with Crippen molar-refractivity contribution in [1.29, 1.82) is 0 Å². The number of rotatable bonds is 9. The standard InChI is InChI=1S/C18H22N2O3S/c1-22-17-7-3-2-5-14(17)11-20-12-16(20)18(21)19-8-10-24-13-15-6-4-9-23-15/h2-7,9,16H,8,10-13H2,1H3,(H,19,21). The third-order valence-electron chi connectivity index (χ3n) is 3.95. The van der Waals surface area contributed by atoms with E-state index in [2.05, 4.69) is 10.2 Å². The number of ether oxygens (including phenoxy) is 1. The minimum Gasteiger partial charge on any atom is -0.496 e. The van der Waals surface area contributed by atoms with E-state index in [9.17, 15) is 4.79 Å². The van der Waals surface area contributed by atoms with Gasteiger partial charge in [-0.15, -0.1) is 0 Å². The molecule has 1 N–H and O–H groups in total. The smallest absolute Gasteiger partial charge is 0.238 e. The van der Waals surface area contributed by atoms with Crippen LogP contribution < -0.4 is 10.1 Å². The molecule has 0 aliphatic carbocycles. The predicted molar refractivity (Wildman–Crippen MR) is 95.1 cm³/mol. The summed E-state index contributed by atoms with van der Waals surface area (Å²) in [7, 11) is 1.67. The van der Waals surface area contributed by atoms with Gasteiger partial charge in [-0.1, -0.05) is 18.2 Å². The molecule has 1 aromatic carbocycles. The quantitative estimate of drug-likeness (QED) is 0.558. The molecule has 2 heterocycles. The minimum atomic E-state index is -0.00927. The highest BCUT2D eigenvalue weighted by atomic mass is 32.2. The van der Waals surface area contributed by atoms with Gasteiger partial charge in [-0.25, -0.2) is 0 Å². The Bertz CT molecular complexity index is 660. The van der Waals surface area contributed by atoms with E-state index >= 15 is 0 Å². The number of carbonyl (C=O) groups is 1. The van der Waals surface area contributed by atoms with E-state index in [0.29, 0.717) is 6.54 Å². The number of thioether (sulfide) groups is 1. The Labute approximate surface area is 146 Å². The molecule has 0 spiro atoms. The van der Waals surface area contributed by atoms with Crippen molar-refractivity contribution in [3.63, 3.8) is 0 Å². The summed E-state index contributed by atoms with van der Waals surface area (Å²) in [6, 6.07) is 11.8. The molecule has 1 fully saturated rings. The van der Waals surface area contributed by atoms with Crippen molar-refractivity contribution >= 4 is 17.7 Å². The number of carbonyl (C=O) groups excluding carboxylic acids is 1. The van der Waals surface area contributed by atoms with E-state index in [1.54, 1.807) is 25.1 Å². The van der Waals surface area contributed by atoms with E-state index in [4.69, 9.17) is 9.15 Å². The molecule has 2 atom stereocenters. The Morgan fingerprint density at radius 3 is 3.04 bits per heavy atom. The Kier molecular flexibility index (Phi) is 5.82. The van der Waals surface area contributed by atoms with Crippen molar-refractivity contribution in [3.8, 4) is 5.75 Å². The van der Waals surface area contributed by atoms with Gasteiger partial charge in [0.1, 0.15) is 17.6 Å². The van der Waals surface area contributed by atoms with Gasteiger partial charge in [0.15, 0.2) is 0 Å². The van der Waals surface area contributed by atoms with E-state index < -0.39 is 0 Å². The number of amides is 1. The fourth-order valence-corrected chi connectivity index (χ4v) is 3.34. The third-order valence-corrected chi connectivity index (χ3v) is 4.93. The van der Waals surface area contributed by atoms with Crippen LogP contribution in [0.1, 0.15) is 11.3 Å². The lowest BCUT2D eigenvalue weighted by Crippen LogP contribution is -2.31. The fraction of sp³-hybridized carbons (Fsp3) is 0.389. The summed E-state index contributed by atoms with van der Waals surface area (Å²) < 4.78 is 10.6. The molecule has 3 rings (SSSR count). The molecular weight excluding hydrogens is 324 g/mol. The van der Waals surface area contributed by atoms with E-state index in [1.807, 2.05) is 36.4 Å². The van der Waals surface area contributed by atoms with Crippen LogP contribution in [-0.4, -0.2) is 42.8 Å². The maximum absolute atomic E-state index is 12.1. The average molecular weight is 346 g/mol. The molecule has 0 bridgehead atoms. The number of nitrogens with zero attached hydrogens (tertiary/aromatic N) is 1. The van der Waals surface area contributed by atoms with Gasteiger partial charge < -0.3 is 14.5 Å². The van der Waals surface area contributed by atoms with Gasteiger partial charge in [-0.2, -0.15) is 11.8 Å². The maximum atomic E-state index is 12.1. The maximum Gasteiger partial charge on any atom is 0.238 e. The first-order chi connectivity index (χ1) is 11.8. The Hall–Kier alpha value is -1.92. The molecule has 1 amide bonds. The Morgan fingerprint density at radius 2 is 2.25 bits per heavy atom. The second-order valence-corrected chi connectivity index (χ2v) is 6.79. The van der Waals surface area contributed by atoms with Crippen molar-refractivity contribution < 1.29 is 13.9 Å². The average Bonchev–Trinajstić information content (AvgIpc) is 3.17. The summed E-state index contributed by atoms with van der Waals surface area (Å²) in [6.07, 6.45) is 1.68. The van der Waals surface area contributed by atoms with Gasteiger partial charge in [0, 0.05) is 31.0 Å². The monoisotopic (exact) mass is 346 g/mol. The Morgan fingerprint density at radius 1 is 1.38 bits per heavy atom. The highest BCUT2D eigenvalue weighted by Crippen LogP contribution is 2.26. The van der Waals surface area contributed by atoms with Crippen LogP contribution in [-0.2, 0) is 17.1 Å². The largest absolute Gasteiger partial charge is 0.496 e. The molecule has 6 heteroatoms. The van der Waals surface area contributed by atoms with Crippen LogP contribution in [0, 0.1) is 0 Å². The van der Waals surface area contributed by atoms with Gasteiger partial charge in [0.2, 0.25) is 5.91 Å². The molecular formula is C18H22N2O3S. The first-order valence-corrected chi connectivity index (χ1v) is 9.17. The highest BCUT2D eigenvalue weighted by Gasteiger charge is 2.40.